The minimum absolute atomic E-state index is 0.0222. The van der Waals surface area contributed by atoms with E-state index in [1.807, 2.05) is 48.5 Å². The van der Waals surface area contributed by atoms with E-state index in [9.17, 15) is 29.1 Å². The molecule has 13 heteroatoms. The van der Waals surface area contributed by atoms with Crippen LogP contribution in [0, 0.1) is 0 Å². The molecule has 3 N–H and O–H groups in total. The summed E-state index contributed by atoms with van der Waals surface area (Å²) in [6, 6.07) is 27.1. The van der Waals surface area contributed by atoms with Crippen LogP contribution in [-0.4, -0.2) is 74.3 Å². The Morgan fingerprint density at radius 2 is 1.05 bits per heavy atom. The van der Waals surface area contributed by atoms with E-state index in [-0.39, 0.29) is 25.4 Å². The van der Waals surface area contributed by atoms with E-state index in [1.165, 1.54) is 15.3 Å². The summed E-state index contributed by atoms with van der Waals surface area (Å²) in [5, 5.41) is 17.0. The number of carbonyl (C=O) groups is 5. The van der Waals surface area contributed by atoms with Crippen LogP contribution < -0.4 is 10.6 Å². The van der Waals surface area contributed by atoms with Gasteiger partial charge in [-0.05, 0) is 87.1 Å². The molecule has 0 spiro atoms. The molecule has 0 radical (unpaired) electrons. The number of ether oxygens (including phenoxy) is 3. The summed E-state index contributed by atoms with van der Waals surface area (Å²) in [6.07, 6.45) is 0.562. The number of benzene rings is 4. The van der Waals surface area contributed by atoms with Crippen LogP contribution in [0.3, 0.4) is 0 Å². The van der Waals surface area contributed by atoms with Gasteiger partial charge in [-0.1, -0.05) is 84.9 Å². The smallest absolute Gasteiger partial charge is 0.419 e. The topological polar surface area (TPSA) is 167 Å². The van der Waals surface area contributed by atoms with Crippen LogP contribution >= 0.6 is 0 Å². The first-order chi connectivity index (χ1) is 28.5. The van der Waals surface area contributed by atoms with Crippen molar-refractivity contribution in [2.75, 3.05) is 6.61 Å². The molecule has 2 aromatic heterocycles. The van der Waals surface area contributed by atoms with Crippen LogP contribution in [0.4, 0.5) is 14.4 Å². The molecule has 0 fully saturated rings. The molecule has 0 saturated heterocycles. The minimum atomic E-state index is -1.48. The van der Waals surface area contributed by atoms with Gasteiger partial charge < -0.3 is 30.0 Å². The second-order valence-electron chi connectivity index (χ2n) is 16.9. The van der Waals surface area contributed by atoms with Gasteiger partial charge in [-0.3, -0.25) is 13.9 Å². The lowest BCUT2D eigenvalue weighted by Gasteiger charge is -2.22. The van der Waals surface area contributed by atoms with Crippen LogP contribution in [0.25, 0.3) is 32.9 Å². The molecule has 2 amide bonds. The molecule has 13 nitrogen and oxygen atoms in total. The van der Waals surface area contributed by atoms with Crippen molar-refractivity contribution in [3.05, 3.63) is 132 Å². The first-order valence-electron chi connectivity index (χ1n) is 19.8. The molecule has 1 aliphatic rings. The number of aliphatic carboxylic acids is 1. The van der Waals surface area contributed by atoms with Gasteiger partial charge in [0, 0.05) is 41.9 Å². The van der Waals surface area contributed by atoms with Crippen molar-refractivity contribution in [3.8, 4) is 11.1 Å². The summed E-state index contributed by atoms with van der Waals surface area (Å²) >= 11 is 0. The van der Waals surface area contributed by atoms with Crippen LogP contribution in [0.15, 0.2) is 109 Å². The highest BCUT2D eigenvalue weighted by Crippen LogP contribution is 2.44. The van der Waals surface area contributed by atoms with Crippen molar-refractivity contribution < 1.29 is 43.3 Å². The molecule has 0 saturated carbocycles. The summed E-state index contributed by atoms with van der Waals surface area (Å²) < 4.78 is 19.7. The Morgan fingerprint density at radius 3 is 1.52 bits per heavy atom. The van der Waals surface area contributed by atoms with Crippen molar-refractivity contribution in [1.82, 2.24) is 19.8 Å². The Balaban J connectivity index is 1.17. The number of carbonyl (C=O) groups excluding carboxylic acids is 4. The van der Waals surface area contributed by atoms with Gasteiger partial charge in [0.15, 0.2) is 0 Å². The maximum Gasteiger partial charge on any atom is 0.419 e. The number of para-hydroxylation sites is 2. The lowest BCUT2D eigenvalue weighted by Crippen LogP contribution is -2.53. The number of hydrogen-bond donors (Lipinski definition) is 3. The fraction of sp³-hybridized carbons (Fsp3) is 0.298. The number of hydrogen-bond acceptors (Lipinski definition) is 8. The molecule has 0 aliphatic heterocycles. The third-order valence-electron chi connectivity index (χ3n) is 10.2. The second-order valence-corrected chi connectivity index (χ2v) is 16.9. The summed E-state index contributed by atoms with van der Waals surface area (Å²) in [6.45, 7) is 10.5. The van der Waals surface area contributed by atoms with Crippen molar-refractivity contribution in [2.45, 2.75) is 83.6 Å². The van der Waals surface area contributed by atoms with Gasteiger partial charge in [-0.2, -0.15) is 0 Å². The Bertz CT molecular complexity index is 2580. The zero-order valence-corrected chi connectivity index (χ0v) is 34.4. The Kier molecular flexibility index (Phi) is 11.3. The van der Waals surface area contributed by atoms with E-state index in [0.29, 0.717) is 32.9 Å². The van der Waals surface area contributed by atoms with Crippen LogP contribution in [0.1, 0.15) is 69.7 Å². The fourth-order valence-corrected chi connectivity index (χ4v) is 7.65. The number of fused-ring (bicyclic) bond motifs is 5. The van der Waals surface area contributed by atoms with Gasteiger partial charge in [0.25, 0.3) is 0 Å². The largest absolute Gasteiger partial charge is 0.480 e. The third kappa shape index (κ3) is 8.90. The van der Waals surface area contributed by atoms with E-state index < -0.39 is 53.4 Å². The quantitative estimate of drug-likeness (QED) is 0.115. The lowest BCUT2D eigenvalue weighted by molar-refractivity contribution is -0.142. The third-order valence-corrected chi connectivity index (χ3v) is 10.2. The van der Waals surface area contributed by atoms with Crippen LogP contribution in [0.2, 0.25) is 0 Å². The monoisotopic (exact) mass is 812 g/mol. The average Bonchev–Trinajstić information content (AvgIpc) is 3.85. The molecule has 0 unspecified atom stereocenters. The molecular weight excluding hydrogens is 765 g/mol. The zero-order chi connectivity index (χ0) is 42.9. The van der Waals surface area contributed by atoms with E-state index in [2.05, 4.69) is 10.6 Å². The standard InChI is InChI=1S/C47H48N4O9/c1-46(2,3)59-44(56)50-25-28(30-15-11-13-21-39(30)50)23-37(49-43(55)58-27-36-34-19-9-7-17-32(34)33-18-8-10-20-35(33)36)41(52)48-38(42(53)54)24-29-26-51(45(57)60-47(4,5)6)40-22-14-12-16-31(29)40/h7-22,25-26,36-38H,23-24,27H2,1-6H3,(H,48,52)(H,49,55)(H,53,54)/t37-,38-/m0/s1. The maximum atomic E-state index is 14.4. The molecule has 2 atom stereocenters. The first kappa shape index (κ1) is 41.3. The number of alkyl carbamates (subject to hydrolysis) is 1. The normalized spacial score (nSPS) is 13.6. The first-order valence-corrected chi connectivity index (χ1v) is 19.8. The predicted molar refractivity (Wildman–Crippen MR) is 226 cm³/mol. The number of carboxylic acids is 1. The van der Waals surface area contributed by atoms with Gasteiger partial charge in [0.2, 0.25) is 5.91 Å². The number of rotatable bonds is 10. The SMILES string of the molecule is CC(C)(C)OC(=O)n1cc(C[C@H](NC(=O)[C@H](Cc2cn(C(=O)OC(C)(C)C)c3ccccc23)NC(=O)OCC2c3ccccc3-c3ccccc32)C(=O)O)c2ccccc21. The number of nitrogens with zero attached hydrogens (tertiary/aromatic N) is 2. The maximum absolute atomic E-state index is 14.4. The Hall–Kier alpha value is -6.89. The summed E-state index contributed by atoms with van der Waals surface area (Å²) in [5.74, 6) is -2.39. The van der Waals surface area contributed by atoms with Gasteiger partial charge in [0.1, 0.15) is 29.9 Å². The molecule has 310 valence electrons. The molecule has 2 heterocycles. The molecule has 60 heavy (non-hydrogen) atoms. The summed E-state index contributed by atoms with van der Waals surface area (Å²) in [4.78, 5) is 67.5. The second kappa shape index (κ2) is 16.4. The highest BCUT2D eigenvalue weighted by Gasteiger charge is 2.33. The van der Waals surface area contributed by atoms with Gasteiger partial charge in [0.05, 0.1) is 11.0 Å². The molecular formula is C47H48N4O9. The summed E-state index contributed by atoms with van der Waals surface area (Å²) in [5.41, 5.74) is 4.57. The van der Waals surface area contributed by atoms with Crippen molar-refractivity contribution in [3.63, 3.8) is 0 Å². The molecule has 4 aromatic carbocycles. The predicted octanol–water partition coefficient (Wildman–Crippen LogP) is 8.42. The van der Waals surface area contributed by atoms with Crippen molar-refractivity contribution in [2.24, 2.45) is 0 Å². The van der Waals surface area contributed by atoms with Crippen LogP contribution in [-0.2, 0) is 36.6 Å². The number of nitrogens with one attached hydrogen (secondary N) is 2. The van der Waals surface area contributed by atoms with Gasteiger partial charge in [-0.25, -0.2) is 19.2 Å². The fourth-order valence-electron chi connectivity index (χ4n) is 7.65. The van der Waals surface area contributed by atoms with Crippen LogP contribution in [0.5, 0.6) is 0 Å². The molecule has 0 bridgehead atoms. The highest BCUT2D eigenvalue weighted by atomic mass is 16.6. The Labute approximate surface area is 347 Å². The van der Waals surface area contributed by atoms with E-state index in [4.69, 9.17) is 14.2 Å². The number of aromatic nitrogens is 2. The number of carboxylic acid groups (broad SMARTS) is 1. The Morgan fingerprint density at radius 1 is 0.617 bits per heavy atom. The highest BCUT2D eigenvalue weighted by molar-refractivity contribution is 5.95. The van der Waals surface area contributed by atoms with E-state index in [0.717, 1.165) is 22.3 Å². The van der Waals surface area contributed by atoms with Crippen molar-refractivity contribution in [1.29, 1.82) is 0 Å². The molecule has 6 aromatic rings. The summed E-state index contributed by atoms with van der Waals surface area (Å²) in [7, 11) is 0. The van der Waals surface area contributed by atoms with Gasteiger partial charge >= 0.3 is 24.2 Å². The van der Waals surface area contributed by atoms with Crippen molar-refractivity contribution >= 4 is 52.0 Å². The average molecular weight is 813 g/mol. The lowest BCUT2D eigenvalue weighted by atomic mass is 9.98. The molecule has 1 aliphatic carbocycles. The number of amides is 2. The van der Waals surface area contributed by atoms with E-state index >= 15 is 0 Å². The zero-order valence-electron chi connectivity index (χ0n) is 34.4. The molecule has 7 rings (SSSR count). The minimum Gasteiger partial charge on any atom is -0.480 e. The van der Waals surface area contributed by atoms with Gasteiger partial charge in [-0.15, -0.1) is 0 Å². The van der Waals surface area contributed by atoms with E-state index in [1.54, 1.807) is 96.3 Å².